The minimum absolute atomic E-state index is 0.0278. The second kappa shape index (κ2) is 8.13. The van der Waals surface area contributed by atoms with Gasteiger partial charge in [-0.15, -0.1) is 0 Å². The second-order valence-corrected chi connectivity index (χ2v) is 5.57. The van der Waals surface area contributed by atoms with E-state index < -0.39 is 11.9 Å². The first kappa shape index (κ1) is 16.7. The normalized spacial score (nSPS) is 11.7. The average molecular weight is 311 g/mol. The highest BCUT2D eigenvalue weighted by Gasteiger charge is 2.13. The van der Waals surface area contributed by atoms with Gasteiger partial charge < -0.3 is 10.4 Å². The van der Waals surface area contributed by atoms with E-state index in [4.69, 9.17) is 5.11 Å². The zero-order valence-electron chi connectivity index (χ0n) is 13.2. The summed E-state index contributed by atoms with van der Waals surface area (Å²) >= 11 is 0. The van der Waals surface area contributed by atoms with Gasteiger partial charge in [0.1, 0.15) is 0 Å². The van der Waals surface area contributed by atoms with Gasteiger partial charge in [0, 0.05) is 12.1 Å². The molecule has 120 valence electrons. The van der Waals surface area contributed by atoms with Crippen LogP contribution in [0.25, 0.3) is 0 Å². The molecule has 2 N–H and O–H groups in total. The van der Waals surface area contributed by atoms with E-state index in [1.165, 1.54) is 5.56 Å². The zero-order valence-corrected chi connectivity index (χ0v) is 13.2. The summed E-state index contributed by atoms with van der Waals surface area (Å²) < 4.78 is 0. The Morgan fingerprint density at radius 3 is 2.30 bits per heavy atom. The number of carbonyl (C=O) groups is 2. The molecule has 0 bridgehead atoms. The molecule has 0 saturated heterocycles. The highest BCUT2D eigenvalue weighted by Crippen LogP contribution is 2.18. The molecule has 1 atom stereocenters. The Balaban J connectivity index is 1.80. The molecule has 0 aliphatic carbocycles. The molecule has 0 aromatic heterocycles. The van der Waals surface area contributed by atoms with Crippen LogP contribution in [0.5, 0.6) is 0 Å². The van der Waals surface area contributed by atoms with Crippen LogP contribution in [0.2, 0.25) is 0 Å². The van der Waals surface area contributed by atoms with Crippen molar-refractivity contribution in [1.29, 1.82) is 0 Å². The second-order valence-electron chi connectivity index (χ2n) is 5.57. The van der Waals surface area contributed by atoms with E-state index in [0.717, 1.165) is 18.4 Å². The third-order valence-corrected chi connectivity index (χ3v) is 3.78. The maximum absolute atomic E-state index is 11.9. The molecule has 0 radical (unpaired) electrons. The molecule has 0 aliphatic rings. The van der Waals surface area contributed by atoms with Gasteiger partial charge in [-0.05, 0) is 43.0 Å². The topological polar surface area (TPSA) is 66.4 Å². The van der Waals surface area contributed by atoms with Crippen LogP contribution < -0.4 is 5.32 Å². The van der Waals surface area contributed by atoms with Gasteiger partial charge in [0.15, 0.2) is 0 Å². The third kappa shape index (κ3) is 5.25. The summed E-state index contributed by atoms with van der Waals surface area (Å²) in [6.07, 6.45) is 2.13. The van der Waals surface area contributed by atoms with E-state index in [1.54, 1.807) is 31.2 Å². The van der Waals surface area contributed by atoms with Crippen LogP contribution >= 0.6 is 0 Å². The van der Waals surface area contributed by atoms with Crippen molar-refractivity contribution in [3.63, 3.8) is 0 Å². The molecule has 0 heterocycles. The Morgan fingerprint density at radius 2 is 1.70 bits per heavy atom. The number of carbonyl (C=O) groups excluding carboxylic acids is 1. The molecule has 2 aromatic rings. The number of aliphatic carboxylic acids is 1. The van der Waals surface area contributed by atoms with Crippen molar-refractivity contribution < 1.29 is 14.7 Å². The van der Waals surface area contributed by atoms with Gasteiger partial charge in [0.25, 0.3) is 0 Å². The van der Waals surface area contributed by atoms with Gasteiger partial charge in [0.05, 0.1) is 5.92 Å². The number of benzene rings is 2. The van der Waals surface area contributed by atoms with E-state index in [-0.39, 0.29) is 5.91 Å². The van der Waals surface area contributed by atoms with Crippen molar-refractivity contribution in [1.82, 2.24) is 0 Å². The lowest BCUT2D eigenvalue weighted by atomic mass is 10.0. The van der Waals surface area contributed by atoms with E-state index in [0.29, 0.717) is 12.1 Å². The molecule has 4 nitrogen and oxygen atoms in total. The summed E-state index contributed by atoms with van der Waals surface area (Å²) in [4.78, 5) is 22.9. The first-order valence-electron chi connectivity index (χ1n) is 7.73. The van der Waals surface area contributed by atoms with Crippen molar-refractivity contribution >= 4 is 17.6 Å². The lowest BCUT2D eigenvalue weighted by molar-refractivity contribution is -0.138. The van der Waals surface area contributed by atoms with E-state index >= 15 is 0 Å². The number of anilines is 1. The number of nitrogens with one attached hydrogen (secondary N) is 1. The maximum Gasteiger partial charge on any atom is 0.310 e. The largest absolute Gasteiger partial charge is 0.481 e. The number of amides is 1. The molecule has 2 rings (SSSR count). The Kier molecular flexibility index (Phi) is 5.92. The van der Waals surface area contributed by atoms with Gasteiger partial charge in [-0.3, -0.25) is 9.59 Å². The SMILES string of the molecule is CC(C(=O)O)c1ccc(NC(=O)CCCc2ccccc2)cc1. The van der Waals surface area contributed by atoms with Crippen LogP contribution in [0.15, 0.2) is 54.6 Å². The van der Waals surface area contributed by atoms with Crippen LogP contribution in [-0.4, -0.2) is 17.0 Å². The summed E-state index contributed by atoms with van der Waals surface area (Å²) in [6.45, 7) is 1.64. The van der Waals surface area contributed by atoms with Gasteiger partial charge in [-0.2, -0.15) is 0 Å². The summed E-state index contributed by atoms with van der Waals surface area (Å²) in [7, 11) is 0. The van der Waals surface area contributed by atoms with Crippen LogP contribution in [0.4, 0.5) is 5.69 Å². The minimum Gasteiger partial charge on any atom is -0.481 e. The molecule has 1 amide bonds. The van der Waals surface area contributed by atoms with E-state index in [1.807, 2.05) is 18.2 Å². The minimum atomic E-state index is -0.859. The standard InChI is InChI=1S/C19H21NO3/c1-14(19(22)23)16-10-12-17(13-11-16)20-18(21)9-5-8-15-6-3-2-4-7-15/h2-4,6-7,10-14H,5,8-9H2,1H3,(H,20,21)(H,22,23). The van der Waals surface area contributed by atoms with Crippen molar-refractivity contribution in [2.24, 2.45) is 0 Å². The number of aryl methyl sites for hydroxylation is 1. The Bertz CT molecular complexity index is 650. The molecule has 4 heteroatoms. The molecule has 0 spiro atoms. The quantitative estimate of drug-likeness (QED) is 0.816. The van der Waals surface area contributed by atoms with Crippen LogP contribution in [0, 0.1) is 0 Å². The number of carboxylic acids is 1. The molecule has 23 heavy (non-hydrogen) atoms. The fourth-order valence-electron chi connectivity index (χ4n) is 2.32. The lowest BCUT2D eigenvalue weighted by Crippen LogP contribution is -2.12. The van der Waals surface area contributed by atoms with Crippen molar-refractivity contribution in [2.75, 3.05) is 5.32 Å². The van der Waals surface area contributed by atoms with E-state index in [2.05, 4.69) is 17.4 Å². The van der Waals surface area contributed by atoms with Crippen LogP contribution in [-0.2, 0) is 16.0 Å². The monoisotopic (exact) mass is 311 g/mol. The fraction of sp³-hybridized carbons (Fsp3) is 0.263. The molecule has 0 saturated carbocycles. The summed E-state index contributed by atoms with van der Waals surface area (Å²) in [5.74, 6) is -1.44. The Labute approximate surface area is 136 Å². The molecule has 0 aliphatic heterocycles. The predicted octanol–water partition coefficient (Wildman–Crippen LogP) is 3.84. The first-order chi connectivity index (χ1) is 11.1. The first-order valence-corrected chi connectivity index (χ1v) is 7.73. The molecular formula is C19H21NO3. The number of hydrogen-bond donors (Lipinski definition) is 2. The molecule has 0 fully saturated rings. The third-order valence-electron chi connectivity index (χ3n) is 3.78. The summed E-state index contributed by atoms with van der Waals surface area (Å²) in [5.41, 5.74) is 2.64. The fourth-order valence-corrected chi connectivity index (χ4v) is 2.32. The van der Waals surface area contributed by atoms with Crippen molar-refractivity contribution in [3.05, 3.63) is 65.7 Å². The van der Waals surface area contributed by atoms with Gasteiger partial charge >= 0.3 is 5.97 Å². The zero-order chi connectivity index (χ0) is 16.7. The summed E-state index contributed by atoms with van der Waals surface area (Å²) in [6, 6.07) is 17.0. The number of rotatable bonds is 7. The highest BCUT2D eigenvalue weighted by atomic mass is 16.4. The lowest BCUT2D eigenvalue weighted by Gasteiger charge is -2.09. The van der Waals surface area contributed by atoms with E-state index in [9.17, 15) is 9.59 Å². The van der Waals surface area contributed by atoms with Gasteiger partial charge in [-0.25, -0.2) is 0 Å². The molecule has 1 unspecified atom stereocenters. The number of carboxylic acid groups (broad SMARTS) is 1. The van der Waals surface area contributed by atoms with Gasteiger partial charge in [-0.1, -0.05) is 42.5 Å². The number of hydrogen-bond acceptors (Lipinski definition) is 2. The van der Waals surface area contributed by atoms with Gasteiger partial charge in [0.2, 0.25) is 5.91 Å². The van der Waals surface area contributed by atoms with Crippen LogP contribution in [0.3, 0.4) is 0 Å². The molecular weight excluding hydrogens is 290 g/mol. The smallest absolute Gasteiger partial charge is 0.310 e. The van der Waals surface area contributed by atoms with Crippen molar-refractivity contribution in [3.8, 4) is 0 Å². The predicted molar refractivity (Wildman–Crippen MR) is 90.5 cm³/mol. The molecule has 2 aromatic carbocycles. The summed E-state index contributed by atoms with van der Waals surface area (Å²) in [5, 5.41) is 11.8. The van der Waals surface area contributed by atoms with Crippen LogP contribution in [0.1, 0.15) is 36.8 Å². The van der Waals surface area contributed by atoms with Crippen molar-refractivity contribution in [2.45, 2.75) is 32.1 Å². The highest BCUT2D eigenvalue weighted by molar-refractivity contribution is 5.90. The Hall–Kier alpha value is -2.62. The maximum atomic E-state index is 11.9. The average Bonchev–Trinajstić information content (AvgIpc) is 2.56. The Morgan fingerprint density at radius 1 is 1.04 bits per heavy atom.